The smallest absolute Gasteiger partial charge is 0.261 e. The molecule has 0 heterocycles. The highest BCUT2D eigenvalue weighted by Crippen LogP contribution is 2.27. The van der Waals surface area contributed by atoms with E-state index < -0.39 is 6.04 Å². The summed E-state index contributed by atoms with van der Waals surface area (Å²) in [6.07, 6.45) is 3.05. The summed E-state index contributed by atoms with van der Waals surface area (Å²) in [5.41, 5.74) is 1.10. The van der Waals surface area contributed by atoms with Crippen molar-refractivity contribution in [1.29, 1.82) is 0 Å². The van der Waals surface area contributed by atoms with E-state index in [9.17, 15) is 9.59 Å². The molecule has 2 amide bonds. The van der Waals surface area contributed by atoms with Crippen LogP contribution in [0.5, 0.6) is 5.75 Å². The van der Waals surface area contributed by atoms with Crippen LogP contribution < -0.4 is 10.1 Å². The molecule has 2 aromatic carbocycles. The van der Waals surface area contributed by atoms with Gasteiger partial charge in [0.2, 0.25) is 5.91 Å². The summed E-state index contributed by atoms with van der Waals surface area (Å²) in [6.45, 7) is 4.78. The van der Waals surface area contributed by atoms with Crippen LogP contribution in [0.1, 0.15) is 38.7 Å². The van der Waals surface area contributed by atoms with E-state index in [4.69, 9.17) is 27.9 Å². The van der Waals surface area contributed by atoms with Crippen LogP contribution in [0.2, 0.25) is 10.0 Å². The summed E-state index contributed by atoms with van der Waals surface area (Å²) in [5.74, 6) is -0.0239. The lowest BCUT2D eigenvalue weighted by atomic mass is 10.1. The minimum absolute atomic E-state index is 0.137. The Morgan fingerprint density at radius 3 is 2.48 bits per heavy atom. The monoisotopic (exact) mass is 464 g/mol. The average Bonchev–Trinajstić information content (AvgIpc) is 2.76. The molecule has 0 fully saturated rings. The zero-order valence-electron chi connectivity index (χ0n) is 18.1. The molecule has 0 radical (unpaired) electrons. The molecule has 2 rings (SSSR count). The number of rotatable bonds is 12. The van der Waals surface area contributed by atoms with Gasteiger partial charge in [-0.2, -0.15) is 0 Å². The molecule has 0 aliphatic heterocycles. The third-order valence-corrected chi connectivity index (χ3v) is 5.48. The number of nitrogens with zero attached hydrogens (tertiary/aromatic N) is 1. The molecule has 0 aliphatic carbocycles. The molecule has 0 bridgehead atoms. The van der Waals surface area contributed by atoms with Crippen molar-refractivity contribution in [1.82, 2.24) is 10.2 Å². The summed E-state index contributed by atoms with van der Waals surface area (Å²) in [6, 6.07) is 14.2. The number of nitrogens with one attached hydrogen (secondary N) is 1. The predicted molar refractivity (Wildman–Crippen MR) is 126 cm³/mol. The van der Waals surface area contributed by atoms with Crippen molar-refractivity contribution < 1.29 is 14.3 Å². The van der Waals surface area contributed by atoms with Gasteiger partial charge in [0.25, 0.3) is 5.91 Å². The van der Waals surface area contributed by atoms with E-state index in [0.717, 1.165) is 18.4 Å². The molecule has 31 heavy (non-hydrogen) atoms. The molecule has 0 saturated heterocycles. The molecule has 0 spiro atoms. The molecule has 5 nitrogen and oxygen atoms in total. The molecule has 168 valence electrons. The topological polar surface area (TPSA) is 58.6 Å². The van der Waals surface area contributed by atoms with Gasteiger partial charge in [0.1, 0.15) is 11.8 Å². The molecule has 1 N–H and O–H groups in total. The highest BCUT2D eigenvalue weighted by atomic mass is 35.5. The van der Waals surface area contributed by atoms with Gasteiger partial charge in [0.15, 0.2) is 6.61 Å². The second kappa shape index (κ2) is 13.2. The number of amides is 2. The van der Waals surface area contributed by atoms with Crippen molar-refractivity contribution in [2.75, 3.05) is 19.7 Å². The van der Waals surface area contributed by atoms with E-state index in [1.807, 2.05) is 37.3 Å². The summed E-state index contributed by atoms with van der Waals surface area (Å²) >= 11 is 12.1. The number of carbonyl (C=O) groups excluding carboxylic acids is 2. The van der Waals surface area contributed by atoms with E-state index >= 15 is 0 Å². The summed E-state index contributed by atoms with van der Waals surface area (Å²) in [4.78, 5) is 27.5. The molecule has 0 unspecified atom stereocenters. The van der Waals surface area contributed by atoms with E-state index in [2.05, 4.69) is 12.2 Å². The van der Waals surface area contributed by atoms with Crippen molar-refractivity contribution in [3.8, 4) is 5.75 Å². The third kappa shape index (κ3) is 8.08. The lowest BCUT2D eigenvalue weighted by molar-refractivity contribution is -0.142. The van der Waals surface area contributed by atoms with Gasteiger partial charge in [0.05, 0.1) is 5.02 Å². The summed E-state index contributed by atoms with van der Waals surface area (Å²) < 4.78 is 5.65. The Morgan fingerprint density at radius 2 is 1.84 bits per heavy atom. The molecule has 7 heteroatoms. The number of carbonyl (C=O) groups is 2. The van der Waals surface area contributed by atoms with Gasteiger partial charge in [-0.15, -0.1) is 0 Å². The molecule has 1 atom stereocenters. The van der Waals surface area contributed by atoms with Gasteiger partial charge in [-0.25, -0.2) is 0 Å². The molecule has 0 aliphatic rings. The Morgan fingerprint density at radius 1 is 1.10 bits per heavy atom. The van der Waals surface area contributed by atoms with Crippen molar-refractivity contribution >= 4 is 35.0 Å². The van der Waals surface area contributed by atoms with Crippen LogP contribution in [0.15, 0.2) is 48.5 Å². The lowest BCUT2D eigenvalue weighted by Crippen LogP contribution is -2.51. The molecular weight excluding hydrogens is 435 g/mol. The number of halogens is 2. The van der Waals surface area contributed by atoms with E-state index in [1.54, 1.807) is 23.1 Å². The van der Waals surface area contributed by atoms with Crippen molar-refractivity contribution in [2.45, 2.75) is 45.6 Å². The van der Waals surface area contributed by atoms with Crippen LogP contribution in [-0.2, 0) is 16.0 Å². The van der Waals surface area contributed by atoms with Crippen molar-refractivity contribution in [3.63, 3.8) is 0 Å². The Kier molecular flexibility index (Phi) is 10.7. The van der Waals surface area contributed by atoms with Gasteiger partial charge >= 0.3 is 0 Å². The van der Waals surface area contributed by atoms with Gasteiger partial charge in [0, 0.05) is 18.1 Å². The molecule has 2 aromatic rings. The van der Waals surface area contributed by atoms with Crippen molar-refractivity contribution in [2.24, 2.45) is 0 Å². The zero-order valence-corrected chi connectivity index (χ0v) is 19.6. The van der Waals surface area contributed by atoms with Crippen LogP contribution in [0.3, 0.4) is 0 Å². The standard InChI is InChI=1S/C24H30Cl2N2O3/c1-3-5-14-27-24(30)21(4-2)28(15-13-18-9-7-6-8-10-18)23(29)17-31-22-12-11-19(25)16-20(22)26/h6-12,16,21H,3-5,13-15,17H2,1-2H3,(H,27,30)/t21-/m1/s1. The van der Waals surface area contributed by atoms with Crippen LogP contribution in [0, 0.1) is 0 Å². The van der Waals surface area contributed by atoms with Gasteiger partial charge in [-0.1, -0.05) is 73.8 Å². The first-order chi connectivity index (χ1) is 15.0. The second-order valence-electron chi connectivity index (χ2n) is 7.25. The minimum Gasteiger partial charge on any atom is -0.482 e. The van der Waals surface area contributed by atoms with Gasteiger partial charge in [-0.05, 0) is 43.0 Å². The quantitative estimate of drug-likeness (QED) is 0.442. The van der Waals surface area contributed by atoms with E-state index in [-0.39, 0.29) is 18.4 Å². The fourth-order valence-corrected chi connectivity index (χ4v) is 3.68. The summed E-state index contributed by atoms with van der Waals surface area (Å²) in [5, 5.41) is 3.77. The Labute approximate surface area is 194 Å². The summed E-state index contributed by atoms with van der Waals surface area (Å²) in [7, 11) is 0. The first-order valence-electron chi connectivity index (χ1n) is 10.6. The maximum Gasteiger partial charge on any atom is 0.261 e. The first kappa shape index (κ1) is 25.0. The maximum atomic E-state index is 13.1. The number of ether oxygens (including phenoxy) is 1. The highest BCUT2D eigenvalue weighted by molar-refractivity contribution is 6.35. The van der Waals surface area contributed by atoms with Crippen LogP contribution in [0.4, 0.5) is 0 Å². The van der Waals surface area contributed by atoms with Gasteiger partial charge < -0.3 is 15.0 Å². The third-order valence-electron chi connectivity index (χ3n) is 4.94. The largest absolute Gasteiger partial charge is 0.482 e. The second-order valence-corrected chi connectivity index (χ2v) is 8.10. The van der Waals surface area contributed by atoms with Gasteiger partial charge in [-0.3, -0.25) is 9.59 Å². The first-order valence-corrected chi connectivity index (χ1v) is 11.4. The van der Waals surface area contributed by atoms with Crippen molar-refractivity contribution in [3.05, 3.63) is 64.1 Å². The van der Waals surface area contributed by atoms with E-state index in [0.29, 0.717) is 41.7 Å². The number of hydrogen-bond donors (Lipinski definition) is 1. The Hall–Kier alpha value is -2.24. The average molecular weight is 465 g/mol. The number of unbranched alkanes of at least 4 members (excludes halogenated alkanes) is 1. The molecule has 0 saturated carbocycles. The van der Waals surface area contributed by atoms with Crippen LogP contribution in [0.25, 0.3) is 0 Å². The predicted octanol–water partition coefficient (Wildman–Crippen LogP) is 5.14. The Bertz CT molecular complexity index is 846. The minimum atomic E-state index is -0.558. The van der Waals surface area contributed by atoms with E-state index in [1.165, 1.54) is 0 Å². The van der Waals surface area contributed by atoms with Crippen LogP contribution >= 0.6 is 23.2 Å². The number of benzene rings is 2. The lowest BCUT2D eigenvalue weighted by Gasteiger charge is -2.30. The number of hydrogen-bond acceptors (Lipinski definition) is 3. The fraction of sp³-hybridized carbons (Fsp3) is 0.417. The maximum absolute atomic E-state index is 13.1. The fourth-order valence-electron chi connectivity index (χ4n) is 3.22. The molecular formula is C24H30Cl2N2O3. The highest BCUT2D eigenvalue weighted by Gasteiger charge is 2.28. The Balaban J connectivity index is 2.11. The molecule has 0 aromatic heterocycles. The normalized spacial score (nSPS) is 11.6. The van der Waals surface area contributed by atoms with Crippen LogP contribution in [-0.4, -0.2) is 42.5 Å². The zero-order chi connectivity index (χ0) is 22.6. The SMILES string of the molecule is CCCCNC(=O)[C@@H](CC)N(CCc1ccccc1)C(=O)COc1ccc(Cl)cc1Cl.